The molecule has 0 unspecified atom stereocenters. The van der Waals surface area contributed by atoms with E-state index in [9.17, 15) is 13.6 Å². The minimum absolute atomic E-state index is 0.206. The fraction of sp³-hybridized carbons (Fsp3) is 0.0909. The van der Waals surface area contributed by atoms with Gasteiger partial charge in [-0.3, -0.25) is 4.79 Å². The Kier molecular flexibility index (Phi) is 3.87. The first-order chi connectivity index (χ1) is 9.11. The minimum atomic E-state index is -0.991. The Hall–Kier alpha value is -2.27. The Morgan fingerprint density at radius 2 is 2.26 bits per heavy atom. The maximum absolute atomic E-state index is 13.6. The Morgan fingerprint density at radius 3 is 2.89 bits per heavy atom. The number of carbonyl (C=O) groups excluding carboxylic acids is 1. The highest BCUT2D eigenvalue weighted by molar-refractivity contribution is 8.15. The van der Waals surface area contributed by atoms with Crippen LogP contribution < -0.4 is 5.32 Å². The zero-order valence-corrected chi connectivity index (χ0v) is 10.2. The van der Waals surface area contributed by atoms with Crippen LogP contribution in [0.5, 0.6) is 0 Å². The molecule has 2 rings (SSSR count). The molecule has 0 aromatic heterocycles. The molecular formula is C11H6F2N4OS. The summed E-state index contributed by atoms with van der Waals surface area (Å²) in [6.07, 6.45) is 0.865. The van der Waals surface area contributed by atoms with E-state index in [2.05, 4.69) is 15.5 Å². The lowest BCUT2D eigenvalue weighted by molar-refractivity contribution is -0.116. The SMILES string of the molecule is N#Cc1ccc(F)c(C=NN=C2NC(=O)CS2)c1F. The van der Waals surface area contributed by atoms with Crippen LogP contribution in [0.1, 0.15) is 11.1 Å². The van der Waals surface area contributed by atoms with Crippen molar-refractivity contribution in [3.05, 3.63) is 34.9 Å². The number of nitriles is 1. The number of nitrogens with zero attached hydrogens (tertiary/aromatic N) is 3. The molecule has 1 aromatic rings. The molecule has 0 aliphatic carbocycles. The number of halogens is 2. The first kappa shape index (κ1) is 13.2. The summed E-state index contributed by atoms with van der Waals surface area (Å²) < 4.78 is 27.0. The quantitative estimate of drug-likeness (QED) is 0.657. The Balaban J connectivity index is 2.24. The summed E-state index contributed by atoms with van der Waals surface area (Å²) in [6.45, 7) is 0. The van der Waals surface area contributed by atoms with Gasteiger partial charge in [-0.1, -0.05) is 11.8 Å². The third kappa shape index (κ3) is 2.95. The predicted molar refractivity (Wildman–Crippen MR) is 66.7 cm³/mol. The van der Waals surface area contributed by atoms with Gasteiger partial charge in [-0.15, -0.1) is 5.10 Å². The molecule has 96 valence electrons. The van der Waals surface area contributed by atoms with Crippen molar-refractivity contribution in [2.45, 2.75) is 0 Å². The molecule has 0 atom stereocenters. The number of amides is 1. The van der Waals surface area contributed by atoms with E-state index in [1.807, 2.05) is 0 Å². The van der Waals surface area contributed by atoms with E-state index in [4.69, 9.17) is 5.26 Å². The molecule has 1 N–H and O–H groups in total. The van der Waals surface area contributed by atoms with Crippen LogP contribution in [0.3, 0.4) is 0 Å². The molecule has 1 aliphatic rings. The first-order valence-corrected chi connectivity index (χ1v) is 6.02. The molecular weight excluding hydrogens is 274 g/mol. The highest BCUT2D eigenvalue weighted by Crippen LogP contribution is 2.15. The molecule has 1 fully saturated rings. The third-order valence-corrected chi connectivity index (χ3v) is 3.03. The van der Waals surface area contributed by atoms with Gasteiger partial charge in [0.2, 0.25) is 5.91 Å². The summed E-state index contributed by atoms with van der Waals surface area (Å²) in [5.41, 5.74) is -0.725. The molecule has 0 radical (unpaired) electrons. The van der Waals surface area contributed by atoms with Crippen molar-refractivity contribution in [3.63, 3.8) is 0 Å². The number of nitrogens with one attached hydrogen (secondary N) is 1. The fourth-order valence-electron chi connectivity index (χ4n) is 1.29. The molecule has 0 bridgehead atoms. The number of rotatable bonds is 2. The van der Waals surface area contributed by atoms with Gasteiger partial charge in [0.25, 0.3) is 0 Å². The molecule has 0 spiro atoms. The maximum atomic E-state index is 13.6. The van der Waals surface area contributed by atoms with Gasteiger partial charge in [-0.2, -0.15) is 10.4 Å². The van der Waals surface area contributed by atoms with Gasteiger partial charge in [-0.25, -0.2) is 8.78 Å². The molecule has 1 aromatic carbocycles. The molecule has 1 amide bonds. The predicted octanol–water partition coefficient (Wildman–Crippen LogP) is 1.39. The number of benzene rings is 1. The second-order valence-corrected chi connectivity index (χ2v) is 4.39. The van der Waals surface area contributed by atoms with Gasteiger partial charge >= 0.3 is 0 Å². The van der Waals surface area contributed by atoms with E-state index in [0.717, 1.165) is 30.1 Å². The molecule has 5 nitrogen and oxygen atoms in total. The van der Waals surface area contributed by atoms with Crippen LogP contribution in [0.2, 0.25) is 0 Å². The van der Waals surface area contributed by atoms with E-state index in [1.54, 1.807) is 6.07 Å². The molecule has 19 heavy (non-hydrogen) atoms. The van der Waals surface area contributed by atoms with E-state index in [0.29, 0.717) is 0 Å². The highest BCUT2D eigenvalue weighted by atomic mass is 32.2. The van der Waals surface area contributed by atoms with Gasteiger partial charge in [-0.05, 0) is 12.1 Å². The number of carbonyl (C=O) groups is 1. The van der Waals surface area contributed by atoms with Gasteiger partial charge < -0.3 is 5.32 Å². The summed E-state index contributed by atoms with van der Waals surface area (Å²) in [5.74, 6) is -1.80. The van der Waals surface area contributed by atoms with Gasteiger partial charge in [0.15, 0.2) is 11.0 Å². The summed E-state index contributed by atoms with van der Waals surface area (Å²) in [5, 5.41) is 18.4. The lowest BCUT2D eigenvalue weighted by atomic mass is 10.1. The molecule has 0 saturated carbocycles. The summed E-state index contributed by atoms with van der Waals surface area (Å²) >= 11 is 1.14. The first-order valence-electron chi connectivity index (χ1n) is 5.03. The maximum Gasteiger partial charge on any atom is 0.236 e. The normalized spacial score (nSPS) is 16.9. The highest BCUT2D eigenvalue weighted by Gasteiger charge is 2.16. The van der Waals surface area contributed by atoms with Crippen LogP contribution >= 0.6 is 11.8 Å². The van der Waals surface area contributed by atoms with Crippen molar-refractivity contribution in [3.8, 4) is 6.07 Å². The Labute approximate surface area is 111 Å². The zero-order chi connectivity index (χ0) is 13.8. The average molecular weight is 280 g/mol. The van der Waals surface area contributed by atoms with Crippen molar-refractivity contribution in [1.29, 1.82) is 5.26 Å². The van der Waals surface area contributed by atoms with Crippen molar-refractivity contribution in [1.82, 2.24) is 5.32 Å². The standard InChI is InChI=1S/C11H6F2N4OS/c12-8-2-1-6(3-14)10(13)7(8)4-15-17-11-16-9(18)5-19-11/h1-2,4H,5H2,(H,16,17,18). The average Bonchev–Trinajstić information content (AvgIpc) is 2.79. The van der Waals surface area contributed by atoms with Crippen LogP contribution in [-0.2, 0) is 4.79 Å². The van der Waals surface area contributed by atoms with Crippen LogP contribution in [0, 0.1) is 23.0 Å². The van der Waals surface area contributed by atoms with E-state index in [1.165, 1.54) is 0 Å². The van der Waals surface area contributed by atoms with Gasteiger partial charge in [0.1, 0.15) is 11.9 Å². The molecule has 8 heteroatoms. The number of hydrogen-bond acceptors (Lipinski definition) is 5. The molecule has 1 aliphatic heterocycles. The number of hydrogen-bond donors (Lipinski definition) is 1. The smallest absolute Gasteiger partial charge is 0.236 e. The fourth-order valence-corrected chi connectivity index (χ4v) is 1.92. The van der Waals surface area contributed by atoms with Crippen molar-refractivity contribution < 1.29 is 13.6 Å². The topological polar surface area (TPSA) is 77.6 Å². The molecule has 1 saturated heterocycles. The zero-order valence-electron chi connectivity index (χ0n) is 9.35. The largest absolute Gasteiger partial charge is 0.303 e. The third-order valence-electron chi connectivity index (χ3n) is 2.17. The van der Waals surface area contributed by atoms with E-state index in [-0.39, 0.29) is 22.4 Å². The van der Waals surface area contributed by atoms with Crippen molar-refractivity contribution in [2.75, 3.05) is 5.75 Å². The second-order valence-electron chi connectivity index (χ2n) is 3.42. The van der Waals surface area contributed by atoms with Crippen molar-refractivity contribution in [2.24, 2.45) is 10.2 Å². The van der Waals surface area contributed by atoms with Gasteiger partial charge in [0.05, 0.1) is 23.1 Å². The van der Waals surface area contributed by atoms with Crippen molar-refractivity contribution >= 4 is 29.1 Å². The van der Waals surface area contributed by atoms with E-state index >= 15 is 0 Å². The van der Waals surface area contributed by atoms with Crippen LogP contribution in [0.25, 0.3) is 0 Å². The van der Waals surface area contributed by atoms with Crippen LogP contribution in [0.4, 0.5) is 8.78 Å². The van der Waals surface area contributed by atoms with E-state index < -0.39 is 17.2 Å². The Bertz CT molecular complexity index is 636. The van der Waals surface area contributed by atoms with Crippen LogP contribution in [0.15, 0.2) is 22.3 Å². The number of amidine groups is 1. The minimum Gasteiger partial charge on any atom is -0.303 e. The Morgan fingerprint density at radius 1 is 1.47 bits per heavy atom. The van der Waals surface area contributed by atoms with Crippen LogP contribution in [-0.4, -0.2) is 23.0 Å². The lowest BCUT2D eigenvalue weighted by Gasteiger charge is -1.99. The monoisotopic (exact) mass is 280 g/mol. The number of thioether (sulfide) groups is 1. The lowest BCUT2D eigenvalue weighted by Crippen LogP contribution is -2.19. The summed E-state index contributed by atoms with van der Waals surface area (Å²) in [4.78, 5) is 10.9. The molecule has 1 heterocycles. The van der Waals surface area contributed by atoms with Gasteiger partial charge in [0, 0.05) is 0 Å². The summed E-state index contributed by atoms with van der Waals surface area (Å²) in [7, 11) is 0. The second kappa shape index (κ2) is 5.58. The summed E-state index contributed by atoms with van der Waals surface area (Å²) in [6, 6.07) is 3.62.